The molecule has 0 saturated carbocycles. The zero-order chi connectivity index (χ0) is 19.9. The fourth-order valence-electron chi connectivity index (χ4n) is 4.19. The van der Waals surface area contributed by atoms with Gasteiger partial charge in [0.05, 0.1) is 6.26 Å². The second-order valence-electron chi connectivity index (χ2n) is 7.98. The summed E-state index contributed by atoms with van der Waals surface area (Å²) in [6.45, 7) is 6.30. The maximum atomic E-state index is 11.7. The van der Waals surface area contributed by atoms with Crippen LogP contribution in [0.15, 0.2) is 12.3 Å². The first kappa shape index (κ1) is 19.3. The molecule has 2 aliphatic heterocycles. The predicted molar refractivity (Wildman–Crippen MR) is 111 cm³/mol. The monoisotopic (exact) mass is 404 g/mol. The summed E-state index contributed by atoms with van der Waals surface area (Å²) in [6.07, 6.45) is 6.96. The van der Waals surface area contributed by atoms with Crippen LogP contribution >= 0.6 is 0 Å². The molecule has 1 unspecified atom stereocenters. The molecule has 2 aromatic heterocycles. The van der Waals surface area contributed by atoms with Gasteiger partial charge >= 0.3 is 0 Å². The normalized spacial score (nSPS) is 22.1. The second kappa shape index (κ2) is 7.44. The summed E-state index contributed by atoms with van der Waals surface area (Å²) in [5.41, 5.74) is 1.85. The average Bonchev–Trinajstić information content (AvgIpc) is 3.07. The summed E-state index contributed by atoms with van der Waals surface area (Å²) < 4.78 is 24.9. The molecular weight excluding hydrogens is 376 g/mol. The van der Waals surface area contributed by atoms with Crippen molar-refractivity contribution in [1.29, 1.82) is 0 Å². The van der Waals surface area contributed by atoms with Gasteiger partial charge in [-0.05, 0) is 45.6 Å². The van der Waals surface area contributed by atoms with Crippen molar-refractivity contribution >= 4 is 32.7 Å². The lowest BCUT2D eigenvalue weighted by atomic mass is 10.1. The highest BCUT2D eigenvalue weighted by molar-refractivity contribution is 7.88. The molecule has 1 N–H and O–H groups in total. The first-order chi connectivity index (χ1) is 13.3. The SMILES string of the molecule is Cc1cc2cnc(NC3CCN(S(C)(=O)=O)CC3)nc2c(N2CCCC2C)n1. The van der Waals surface area contributed by atoms with Crippen LogP contribution in [0.5, 0.6) is 0 Å². The third-order valence-corrected chi connectivity index (χ3v) is 7.06. The number of sulfonamides is 1. The third-order valence-electron chi connectivity index (χ3n) is 5.76. The molecule has 2 saturated heterocycles. The molecule has 8 nitrogen and oxygen atoms in total. The van der Waals surface area contributed by atoms with Crippen molar-refractivity contribution in [2.24, 2.45) is 0 Å². The van der Waals surface area contributed by atoms with Crippen LogP contribution in [0.2, 0.25) is 0 Å². The van der Waals surface area contributed by atoms with Gasteiger partial charge in [-0.3, -0.25) is 0 Å². The lowest BCUT2D eigenvalue weighted by Gasteiger charge is -2.30. The lowest BCUT2D eigenvalue weighted by Crippen LogP contribution is -2.42. The number of piperidine rings is 1. The Bertz CT molecular complexity index is 972. The average molecular weight is 405 g/mol. The molecule has 4 rings (SSSR count). The first-order valence-electron chi connectivity index (χ1n) is 9.94. The third kappa shape index (κ3) is 3.91. The molecule has 9 heteroatoms. The Kier molecular flexibility index (Phi) is 5.13. The molecule has 4 heterocycles. The number of nitrogens with zero attached hydrogens (tertiary/aromatic N) is 5. The number of aromatic nitrogens is 3. The number of hydrogen-bond acceptors (Lipinski definition) is 7. The molecule has 0 aliphatic carbocycles. The van der Waals surface area contributed by atoms with E-state index in [0.717, 1.165) is 41.8 Å². The van der Waals surface area contributed by atoms with E-state index in [-0.39, 0.29) is 6.04 Å². The number of nitrogens with one attached hydrogen (secondary N) is 1. The van der Waals surface area contributed by atoms with Crippen LogP contribution in [-0.4, -0.2) is 65.6 Å². The van der Waals surface area contributed by atoms with Gasteiger partial charge in [-0.25, -0.2) is 27.7 Å². The predicted octanol–water partition coefficient (Wildman–Crippen LogP) is 2.16. The molecule has 0 aromatic carbocycles. The van der Waals surface area contributed by atoms with Gasteiger partial charge in [-0.1, -0.05) is 0 Å². The molecule has 2 aliphatic rings. The molecule has 1 atom stereocenters. The number of fused-ring (bicyclic) bond motifs is 1. The van der Waals surface area contributed by atoms with Crippen LogP contribution in [0.4, 0.5) is 11.8 Å². The van der Waals surface area contributed by atoms with Gasteiger partial charge in [-0.15, -0.1) is 0 Å². The first-order valence-corrected chi connectivity index (χ1v) is 11.8. The summed E-state index contributed by atoms with van der Waals surface area (Å²) in [5, 5.41) is 4.40. The highest BCUT2D eigenvalue weighted by atomic mass is 32.2. The number of hydrogen-bond donors (Lipinski definition) is 1. The second-order valence-corrected chi connectivity index (χ2v) is 9.97. The zero-order valence-corrected chi connectivity index (χ0v) is 17.5. The Hall–Kier alpha value is -2.00. The lowest BCUT2D eigenvalue weighted by molar-refractivity contribution is 0.331. The fraction of sp³-hybridized carbons (Fsp3) is 0.632. The van der Waals surface area contributed by atoms with E-state index < -0.39 is 10.0 Å². The molecule has 152 valence electrons. The topological polar surface area (TPSA) is 91.3 Å². The Morgan fingerprint density at radius 2 is 1.89 bits per heavy atom. The Morgan fingerprint density at radius 1 is 1.14 bits per heavy atom. The van der Waals surface area contributed by atoms with Crippen molar-refractivity contribution in [1.82, 2.24) is 19.3 Å². The number of rotatable bonds is 4. The van der Waals surface area contributed by atoms with Crippen molar-refractivity contribution in [2.45, 2.75) is 51.6 Å². The Morgan fingerprint density at radius 3 is 2.54 bits per heavy atom. The molecule has 0 amide bonds. The molecule has 2 aromatic rings. The summed E-state index contributed by atoms with van der Waals surface area (Å²) >= 11 is 0. The number of pyridine rings is 1. The van der Waals surface area contributed by atoms with E-state index in [1.54, 1.807) is 0 Å². The van der Waals surface area contributed by atoms with Gasteiger partial charge < -0.3 is 10.2 Å². The van der Waals surface area contributed by atoms with E-state index in [4.69, 9.17) is 9.97 Å². The van der Waals surface area contributed by atoms with Crippen molar-refractivity contribution in [2.75, 3.05) is 36.1 Å². The van der Waals surface area contributed by atoms with Crippen molar-refractivity contribution in [3.63, 3.8) is 0 Å². The van der Waals surface area contributed by atoms with Gasteiger partial charge in [0.15, 0.2) is 5.82 Å². The van der Waals surface area contributed by atoms with Crippen molar-refractivity contribution < 1.29 is 8.42 Å². The molecule has 0 radical (unpaired) electrons. The minimum absolute atomic E-state index is 0.169. The van der Waals surface area contributed by atoms with Gasteiger partial charge in [0.25, 0.3) is 0 Å². The van der Waals surface area contributed by atoms with E-state index in [1.165, 1.54) is 23.4 Å². The van der Waals surface area contributed by atoms with E-state index in [2.05, 4.69) is 22.1 Å². The van der Waals surface area contributed by atoms with Crippen molar-refractivity contribution in [3.05, 3.63) is 18.0 Å². The van der Waals surface area contributed by atoms with Gasteiger partial charge in [0.2, 0.25) is 16.0 Å². The maximum Gasteiger partial charge on any atom is 0.223 e. The number of aryl methyl sites for hydroxylation is 1. The van der Waals surface area contributed by atoms with Gasteiger partial charge in [0.1, 0.15) is 5.52 Å². The van der Waals surface area contributed by atoms with Crippen LogP contribution in [0, 0.1) is 6.92 Å². The van der Waals surface area contributed by atoms with Crippen LogP contribution in [0.25, 0.3) is 10.9 Å². The van der Waals surface area contributed by atoms with Gasteiger partial charge in [0, 0.05) is 49.0 Å². The van der Waals surface area contributed by atoms with E-state index >= 15 is 0 Å². The maximum absolute atomic E-state index is 11.7. The minimum Gasteiger partial charge on any atom is -0.352 e. The minimum atomic E-state index is -3.11. The van der Waals surface area contributed by atoms with Gasteiger partial charge in [-0.2, -0.15) is 0 Å². The van der Waals surface area contributed by atoms with Crippen LogP contribution in [0.1, 0.15) is 38.3 Å². The molecular formula is C19H28N6O2S. The Balaban J connectivity index is 1.57. The molecule has 0 bridgehead atoms. The quantitative estimate of drug-likeness (QED) is 0.835. The standard InChI is InChI=1S/C19H28N6O2S/c1-13-11-15-12-20-19(22-16-6-9-24(10-7-16)28(3,26)27)23-17(15)18(21-13)25-8-4-5-14(25)2/h11-12,14,16H,4-10H2,1-3H3,(H,20,22,23). The van der Waals surface area contributed by atoms with E-state index in [9.17, 15) is 8.42 Å². The number of anilines is 2. The summed E-state index contributed by atoms with van der Waals surface area (Å²) in [6, 6.07) is 2.65. The zero-order valence-electron chi connectivity index (χ0n) is 16.7. The Labute approximate surface area is 166 Å². The summed E-state index contributed by atoms with van der Waals surface area (Å²) in [7, 11) is -3.11. The largest absolute Gasteiger partial charge is 0.352 e. The van der Waals surface area contributed by atoms with Crippen LogP contribution in [0.3, 0.4) is 0 Å². The highest BCUT2D eigenvalue weighted by Crippen LogP contribution is 2.30. The van der Waals surface area contributed by atoms with Crippen LogP contribution < -0.4 is 10.2 Å². The fourth-order valence-corrected chi connectivity index (χ4v) is 5.06. The van der Waals surface area contributed by atoms with E-state index in [1.807, 2.05) is 19.2 Å². The summed E-state index contributed by atoms with van der Waals surface area (Å²) in [4.78, 5) is 16.4. The molecule has 2 fully saturated rings. The smallest absolute Gasteiger partial charge is 0.223 e. The molecule has 0 spiro atoms. The van der Waals surface area contributed by atoms with Crippen molar-refractivity contribution in [3.8, 4) is 0 Å². The van der Waals surface area contributed by atoms with Crippen LogP contribution in [-0.2, 0) is 10.0 Å². The van der Waals surface area contributed by atoms with E-state index in [0.29, 0.717) is 25.1 Å². The summed E-state index contributed by atoms with van der Waals surface area (Å²) in [5.74, 6) is 1.53. The molecule has 28 heavy (non-hydrogen) atoms. The highest BCUT2D eigenvalue weighted by Gasteiger charge is 2.26.